The first-order chi connectivity index (χ1) is 15.7. The third kappa shape index (κ3) is 3.05. The van der Waals surface area contributed by atoms with E-state index in [1.165, 1.54) is 51.4 Å². The number of aliphatic hydroxyl groups excluding tert-OH is 2. The van der Waals surface area contributed by atoms with Gasteiger partial charge >= 0.3 is 0 Å². The lowest BCUT2D eigenvalue weighted by atomic mass is 9.41. The van der Waals surface area contributed by atoms with Gasteiger partial charge in [-0.2, -0.15) is 0 Å². The Labute approximate surface area is 209 Å². The van der Waals surface area contributed by atoms with E-state index in [1.807, 2.05) is 13.8 Å². The summed E-state index contributed by atoms with van der Waals surface area (Å²) in [7, 11) is 1.71. The van der Waals surface area contributed by atoms with Gasteiger partial charge in [-0.05, 0) is 135 Å². The number of hydrogen-bond acceptors (Lipinski definition) is 3. The molecule has 5 aliphatic rings. The van der Waals surface area contributed by atoms with Gasteiger partial charge in [-0.15, -0.1) is 0 Å². The van der Waals surface area contributed by atoms with E-state index in [0.717, 1.165) is 37.0 Å². The third-order valence-electron chi connectivity index (χ3n) is 14.1. The minimum absolute atomic E-state index is 0.0813. The van der Waals surface area contributed by atoms with Gasteiger partial charge in [0.05, 0.1) is 17.8 Å². The van der Waals surface area contributed by atoms with Crippen molar-refractivity contribution in [2.24, 2.45) is 50.7 Å². The summed E-state index contributed by atoms with van der Waals surface area (Å²) in [6.07, 6.45) is 13.5. The fourth-order valence-corrected chi connectivity index (χ4v) is 11.4. The highest BCUT2D eigenvalue weighted by atomic mass is 16.5. The molecule has 5 saturated carbocycles. The van der Waals surface area contributed by atoms with Crippen molar-refractivity contribution >= 4 is 0 Å². The average molecular weight is 475 g/mol. The van der Waals surface area contributed by atoms with E-state index in [-0.39, 0.29) is 11.5 Å². The Morgan fingerprint density at radius 1 is 0.853 bits per heavy atom. The number of ether oxygens (including phenoxy) is 1. The molecule has 2 spiro atoms. The zero-order chi connectivity index (χ0) is 24.9. The van der Waals surface area contributed by atoms with E-state index in [0.29, 0.717) is 27.6 Å². The van der Waals surface area contributed by atoms with Crippen LogP contribution in [0.15, 0.2) is 0 Å². The minimum atomic E-state index is -0.467. The standard InChI is InChI=1S/C31H54O3/c1-20(9-12-25(33)27(4,5)34-8)21-13-15-29(7)23-11-10-22-26(2,3)24(32)14-16-30(22)19-31(23,30)18-17-28(21,29)6/h20-25,32-33H,9-19H2,1-8H3/t20-,21-,22+,23+,24+,25+,28-,29+,30-,31+/m1/s1. The highest BCUT2D eigenvalue weighted by Gasteiger charge is 2.82. The van der Waals surface area contributed by atoms with Crippen LogP contribution in [0.4, 0.5) is 0 Å². The van der Waals surface area contributed by atoms with Crippen molar-refractivity contribution in [3.05, 3.63) is 0 Å². The van der Waals surface area contributed by atoms with Crippen molar-refractivity contribution < 1.29 is 14.9 Å². The van der Waals surface area contributed by atoms with Crippen molar-refractivity contribution in [1.82, 2.24) is 0 Å². The molecule has 3 heteroatoms. The monoisotopic (exact) mass is 474 g/mol. The summed E-state index contributed by atoms with van der Waals surface area (Å²) in [5.41, 5.74) is 1.58. The SMILES string of the molecule is COC(C)(C)[C@@H](O)CC[C@@H](C)[C@H]1CC[C@@]2(C)[C@@H]3CC[C@H]4C(C)(C)[C@@H](O)CC[C@@]45C[C@@]35CC[C@]12C. The summed E-state index contributed by atoms with van der Waals surface area (Å²) in [6.45, 7) is 16.6. The lowest BCUT2D eigenvalue weighted by Crippen LogP contribution is -2.57. The molecule has 0 radical (unpaired) electrons. The van der Waals surface area contributed by atoms with Crippen LogP contribution in [-0.2, 0) is 4.74 Å². The smallest absolute Gasteiger partial charge is 0.0880 e. The second-order valence-corrected chi connectivity index (χ2v) is 15.4. The minimum Gasteiger partial charge on any atom is -0.393 e. The van der Waals surface area contributed by atoms with E-state index in [2.05, 4.69) is 34.6 Å². The quantitative estimate of drug-likeness (QED) is 0.436. The molecule has 5 aliphatic carbocycles. The maximum Gasteiger partial charge on any atom is 0.0880 e. The Balaban J connectivity index is 1.35. The zero-order valence-electron chi connectivity index (χ0n) is 23.5. The van der Waals surface area contributed by atoms with Crippen LogP contribution in [0, 0.1) is 50.7 Å². The Kier molecular flexibility index (Phi) is 5.78. The second-order valence-electron chi connectivity index (χ2n) is 15.4. The molecule has 0 unspecified atom stereocenters. The zero-order valence-corrected chi connectivity index (χ0v) is 23.5. The Morgan fingerprint density at radius 2 is 1.50 bits per heavy atom. The van der Waals surface area contributed by atoms with Crippen molar-refractivity contribution in [2.45, 2.75) is 137 Å². The number of fused-ring (bicyclic) bond motifs is 2. The van der Waals surface area contributed by atoms with Gasteiger partial charge in [-0.25, -0.2) is 0 Å². The van der Waals surface area contributed by atoms with Crippen molar-refractivity contribution in [1.29, 1.82) is 0 Å². The van der Waals surface area contributed by atoms with Crippen LogP contribution in [0.25, 0.3) is 0 Å². The van der Waals surface area contributed by atoms with Gasteiger partial charge in [0.25, 0.3) is 0 Å². The Morgan fingerprint density at radius 3 is 2.18 bits per heavy atom. The molecule has 5 fully saturated rings. The summed E-state index contributed by atoms with van der Waals surface area (Å²) in [4.78, 5) is 0. The predicted octanol–water partition coefficient (Wildman–Crippen LogP) is 6.99. The largest absolute Gasteiger partial charge is 0.393 e. The van der Waals surface area contributed by atoms with Gasteiger partial charge in [0, 0.05) is 7.11 Å². The van der Waals surface area contributed by atoms with Gasteiger partial charge in [0.2, 0.25) is 0 Å². The van der Waals surface area contributed by atoms with Crippen LogP contribution in [-0.4, -0.2) is 35.1 Å². The molecule has 10 atom stereocenters. The molecular formula is C31H54O3. The highest BCUT2D eigenvalue weighted by molar-refractivity contribution is 5.30. The summed E-state index contributed by atoms with van der Waals surface area (Å²) >= 11 is 0. The van der Waals surface area contributed by atoms with Gasteiger partial charge in [0.15, 0.2) is 0 Å². The molecule has 0 aromatic heterocycles. The van der Waals surface area contributed by atoms with Gasteiger partial charge in [-0.3, -0.25) is 0 Å². The molecule has 0 amide bonds. The fraction of sp³-hybridized carbons (Fsp3) is 1.00. The fourth-order valence-electron chi connectivity index (χ4n) is 11.4. The van der Waals surface area contributed by atoms with Crippen LogP contribution in [0.1, 0.15) is 119 Å². The molecule has 0 bridgehead atoms. The second kappa shape index (κ2) is 7.70. The Bertz CT molecular complexity index is 804. The lowest BCUT2D eigenvalue weighted by molar-refractivity contribution is -0.162. The van der Waals surface area contributed by atoms with Gasteiger partial charge < -0.3 is 14.9 Å². The summed E-state index contributed by atoms with van der Waals surface area (Å²) in [6, 6.07) is 0. The maximum atomic E-state index is 10.9. The number of aliphatic hydroxyl groups is 2. The molecular weight excluding hydrogens is 420 g/mol. The van der Waals surface area contributed by atoms with Crippen molar-refractivity contribution in [3.8, 4) is 0 Å². The van der Waals surface area contributed by atoms with E-state index in [4.69, 9.17) is 4.74 Å². The van der Waals surface area contributed by atoms with Crippen LogP contribution in [0.2, 0.25) is 0 Å². The average Bonchev–Trinajstić information content (AvgIpc) is 3.37. The molecule has 34 heavy (non-hydrogen) atoms. The number of hydrogen-bond donors (Lipinski definition) is 2. The first kappa shape index (κ1) is 25.5. The molecule has 196 valence electrons. The number of methoxy groups -OCH3 is 1. The molecule has 0 aromatic rings. The van der Waals surface area contributed by atoms with Crippen LogP contribution >= 0.6 is 0 Å². The van der Waals surface area contributed by atoms with Crippen molar-refractivity contribution in [3.63, 3.8) is 0 Å². The van der Waals surface area contributed by atoms with E-state index in [1.54, 1.807) is 7.11 Å². The molecule has 2 N–H and O–H groups in total. The number of rotatable bonds is 6. The van der Waals surface area contributed by atoms with E-state index < -0.39 is 11.7 Å². The van der Waals surface area contributed by atoms with Gasteiger partial charge in [-0.1, -0.05) is 34.6 Å². The van der Waals surface area contributed by atoms with E-state index in [9.17, 15) is 10.2 Å². The van der Waals surface area contributed by atoms with Crippen LogP contribution in [0.3, 0.4) is 0 Å². The van der Waals surface area contributed by atoms with Gasteiger partial charge in [0.1, 0.15) is 0 Å². The van der Waals surface area contributed by atoms with Crippen LogP contribution in [0.5, 0.6) is 0 Å². The predicted molar refractivity (Wildman–Crippen MR) is 138 cm³/mol. The first-order valence-corrected chi connectivity index (χ1v) is 14.6. The normalized spacial score (nSPS) is 51.0. The molecule has 0 heterocycles. The summed E-state index contributed by atoms with van der Waals surface area (Å²) in [5, 5.41) is 21.6. The first-order valence-electron chi connectivity index (χ1n) is 14.6. The molecule has 5 rings (SSSR count). The summed E-state index contributed by atoms with van der Waals surface area (Å²) in [5.74, 6) is 3.01. The maximum absolute atomic E-state index is 10.9. The lowest BCUT2D eigenvalue weighted by Gasteiger charge is -2.63. The van der Waals surface area contributed by atoms with Crippen molar-refractivity contribution in [2.75, 3.05) is 7.11 Å². The molecule has 0 saturated heterocycles. The molecule has 0 aliphatic heterocycles. The topological polar surface area (TPSA) is 49.7 Å². The van der Waals surface area contributed by atoms with Crippen LogP contribution < -0.4 is 0 Å². The summed E-state index contributed by atoms with van der Waals surface area (Å²) < 4.78 is 5.55. The molecule has 3 nitrogen and oxygen atoms in total. The highest BCUT2D eigenvalue weighted by Crippen LogP contribution is 2.89. The molecule has 0 aromatic carbocycles. The Hall–Kier alpha value is -0.120. The van der Waals surface area contributed by atoms with E-state index >= 15 is 0 Å². The third-order valence-corrected chi connectivity index (χ3v) is 14.1.